The molecule has 0 radical (unpaired) electrons. The van der Waals surface area contributed by atoms with Gasteiger partial charge in [0.2, 0.25) is 0 Å². The molecule has 3 nitrogen and oxygen atoms in total. The van der Waals surface area contributed by atoms with E-state index in [1.54, 1.807) is 0 Å². The molecule has 1 spiro atoms. The van der Waals surface area contributed by atoms with Crippen molar-refractivity contribution in [3.05, 3.63) is 12.2 Å². The van der Waals surface area contributed by atoms with E-state index in [0.717, 1.165) is 30.6 Å². The minimum absolute atomic E-state index is 0.109. The first-order chi connectivity index (χ1) is 14.0. The lowest BCUT2D eigenvalue weighted by molar-refractivity contribution is -0.316. The van der Waals surface area contributed by atoms with Crippen LogP contribution in [0.4, 0.5) is 0 Å². The second kappa shape index (κ2) is 9.85. The Kier molecular flexibility index (Phi) is 7.65. The first-order valence-corrected chi connectivity index (χ1v) is 13.9. The Labute approximate surface area is 186 Å². The summed E-state index contributed by atoms with van der Waals surface area (Å²) in [4.78, 5) is 0. The smallest absolute Gasteiger partial charge is 0.171 e. The monoisotopic (exact) mass is 440 g/mol. The van der Waals surface area contributed by atoms with Crippen molar-refractivity contribution in [1.82, 2.24) is 0 Å². The van der Waals surface area contributed by atoms with Gasteiger partial charge >= 0.3 is 0 Å². The maximum Gasteiger partial charge on any atom is 0.171 e. The van der Waals surface area contributed by atoms with Gasteiger partial charge in [-0.05, 0) is 43.9 Å². The number of rotatable bonds is 6. The molecule has 0 aromatic carbocycles. The highest BCUT2D eigenvalue weighted by Gasteiger charge is 2.52. The topological polar surface area (TPSA) is 38.7 Å². The zero-order valence-electron chi connectivity index (χ0n) is 18.3. The number of hydrogen-bond acceptors (Lipinski definition) is 5. The largest absolute Gasteiger partial charge is 0.389 e. The van der Waals surface area contributed by atoms with E-state index < -0.39 is 5.79 Å². The van der Waals surface area contributed by atoms with Crippen LogP contribution in [0.5, 0.6) is 0 Å². The van der Waals surface area contributed by atoms with Crippen LogP contribution in [-0.2, 0) is 9.47 Å². The van der Waals surface area contributed by atoms with Crippen molar-refractivity contribution in [2.75, 3.05) is 24.7 Å². The molecule has 0 bridgehead atoms. The molecule has 4 fully saturated rings. The lowest BCUT2D eigenvalue weighted by Crippen LogP contribution is -2.50. The maximum absolute atomic E-state index is 10.7. The second-order valence-electron chi connectivity index (χ2n) is 10.4. The fourth-order valence-corrected chi connectivity index (χ4v) is 8.46. The summed E-state index contributed by atoms with van der Waals surface area (Å²) in [5.74, 6) is 3.53. The molecule has 2 aliphatic heterocycles. The van der Waals surface area contributed by atoms with Crippen molar-refractivity contribution in [3.8, 4) is 0 Å². The van der Waals surface area contributed by atoms with Gasteiger partial charge in [0.1, 0.15) is 0 Å². The molecule has 1 N–H and O–H groups in total. The summed E-state index contributed by atoms with van der Waals surface area (Å²) in [5, 5.41) is 10.7. The molecular formula is C24H40O3S2. The van der Waals surface area contributed by atoms with Gasteiger partial charge in [-0.25, -0.2) is 0 Å². The van der Waals surface area contributed by atoms with Gasteiger partial charge in [0, 0.05) is 29.3 Å². The average molecular weight is 441 g/mol. The minimum Gasteiger partial charge on any atom is -0.389 e. The van der Waals surface area contributed by atoms with Gasteiger partial charge in [-0.2, -0.15) is 0 Å². The van der Waals surface area contributed by atoms with Crippen LogP contribution in [0.2, 0.25) is 0 Å². The Morgan fingerprint density at radius 3 is 2.38 bits per heavy atom. The van der Waals surface area contributed by atoms with E-state index in [-0.39, 0.29) is 11.5 Å². The first kappa shape index (κ1) is 22.5. The summed E-state index contributed by atoms with van der Waals surface area (Å²) in [6.45, 7) is 6.04. The van der Waals surface area contributed by atoms with Crippen LogP contribution in [-0.4, -0.2) is 46.3 Å². The van der Waals surface area contributed by atoms with Crippen molar-refractivity contribution < 1.29 is 14.6 Å². The predicted molar refractivity (Wildman–Crippen MR) is 124 cm³/mol. The highest BCUT2D eigenvalue weighted by Crippen LogP contribution is 2.51. The number of allylic oxidation sites excluding steroid dienone is 1. The van der Waals surface area contributed by atoms with Crippen LogP contribution in [0.1, 0.15) is 71.6 Å². The summed E-state index contributed by atoms with van der Waals surface area (Å²) in [7, 11) is 0. The van der Waals surface area contributed by atoms with Gasteiger partial charge in [0.15, 0.2) is 5.79 Å². The minimum atomic E-state index is -0.395. The zero-order valence-corrected chi connectivity index (χ0v) is 19.9. The van der Waals surface area contributed by atoms with E-state index >= 15 is 0 Å². The second-order valence-corrected chi connectivity index (χ2v) is 13.3. The molecular weight excluding hydrogens is 400 g/mol. The van der Waals surface area contributed by atoms with Gasteiger partial charge < -0.3 is 14.6 Å². The van der Waals surface area contributed by atoms with Crippen molar-refractivity contribution in [2.45, 2.75) is 88.1 Å². The fraction of sp³-hybridized carbons (Fsp3) is 0.917. The molecule has 29 heavy (non-hydrogen) atoms. The van der Waals surface area contributed by atoms with Gasteiger partial charge in [0.25, 0.3) is 0 Å². The van der Waals surface area contributed by atoms with Gasteiger partial charge in [0.05, 0.1) is 23.9 Å². The number of hydrogen-bond donors (Lipinski definition) is 1. The third kappa shape index (κ3) is 5.58. The van der Waals surface area contributed by atoms with Crippen LogP contribution >= 0.6 is 23.5 Å². The van der Waals surface area contributed by atoms with E-state index in [1.165, 1.54) is 56.5 Å². The first-order valence-electron chi connectivity index (χ1n) is 11.8. The Hall–Kier alpha value is 0.320. The van der Waals surface area contributed by atoms with Gasteiger partial charge in [-0.3, -0.25) is 0 Å². The third-order valence-electron chi connectivity index (χ3n) is 7.41. The van der Waals surface area contributed by atoms with Crippen molar-refractivity contribution >= 4 is 23.5 Å². The molecule has 2 heterocycles. The Balaban J connectivity index is 1.42. The molecule has 0 amide bonds. The van der Waals surface area contributed by atoms with E-state index in [4.69, 9.17) is 9.47 Å². The zero-order chi connectivity index (χ0) is 20.3. The Bertz CT molecular complexity index is 542. The number of aliphatic hydroxyl groups excluding tert-OH is 1. The van der Waals surface area contributed by atoms with Gasteiger partial charge in [-0.1, -0.05) is 45.3 Å². The molecule has 0 aromatic heterocycles. The molecule has 2 saturated carbocycles. The highest BCUT2D eigenvalue weighted by molar-refractivity contribution is 8.20. The average Bonchev–Trinajstić information content (AvgIpc) is 3.36. The maximum atomic E-state index is 10.7. The molecule has 5 heteroatoms. The molecule has 3 unspecified atom stereocenters. The Morgan fingerprint density at radius 1 is 1.00 bits per heavy atom. The third-order valence-corrected chi connectivity index (χ3v) is 10.6. The summed E-state index contributed by atoms with van der Waals surface area (Å²) in [5.41, 5.74) is 0.109. The van der Waals surface area contributed by atoms with Crippen LogP contribution in [0, 0.1) is 23.2 Å². The molecule has 2 aliphatic carbocycles. The summed E-state index contributed by atoms with van der Waals surface area (Å²) < 4.78 is 13.7. The van der Waals surface area contributed by atoms with Crippen LogP contribution in [0.25, 0.3) is 0 Å². The number of thioether (sulfide) groups is 2. The molecule has 2 saturated heterocycles. The number of aliphatic hydroxyl groups is 1. The fourth-order valence-electron chi connectivity index (χ4n) is 5.60. The molecule has 0 aromatic rings. The number of ether oxygens (including phenoxy) is 2. The normalized spacial score (nSPS) is 34.3. The van der Waals surface area contributed by atoms with Crippen molar-refractivity contribution in [3.63, 3.8) is 0 Å². The van der Waals surface area contributed by atoms with Crippen LogP contribution < -0.4 is 0 Å². The molecule has 4 rings (SSSR count). The molecule has 4 aliphatic rings. The van der Waals surface area contributed by atoms with Crippen LogP contribution in [0.15, 0.2) is 12.2 Å². The lowest BCUT2D eigenvalue weighted by Gasteiger charge is -2.45. The summed E-state index contributed by atoms with van der Waals surface area (Å²) in [6.07, 6.45) is 14.9. The van der Waals surface area contributed by atoms with E-state index in [9.17, 15) is 5.11 Å². The summed E-state index contributed by atoms with van der Waals surface area (Å²) in [6, 6.07) is 0. The predicted octanol–water partition coefficient (Wildman–Crippen LogP) is 5.87. The van der Waals surface area contributed by atoms with E-state index in [0.29, 0.717) is 17.8 Å². The molecule has 3 atom stereocenters. The standard InChI is InChI=1S/C24H40O3S2/c1-23(2)16-26-24(27-17-23)13-12-18(20(24)9-11-22-28-14-15-29-22)8-10-21(25)19-6-4-3-5-7-19/h8,10,18-22,25H,3-7,9,11-17H2,1-2H3. The SMILES string of the molecule is CC1(C)COC2(CCC(C=CC(O)C3CCCCC3)C2CCC2SCCS2)OC1. The van der Waals surface area contributed by atoms with E-state index in [2.05, 4.69) is 49.5 Å². The van der Waals surface area contributed by atoms with Crippen molar-refractivity contribution in [2.24, 2.45) is 23.2 Å². The van der Waals surface area contributed by atoms with Crippen molar-refractivity contribution in [1.29, 1.82) is 0 Å². The summed E-state index contributed by atoms with van der Waals surface area (Å²) >= 11 is 4.24. The highest BCUT2D eigenvalue weighted by atomic mass is 32.2. The molecule has 166 valence electrons. The quantitative estimate of drug-likeness (QED) is 0.523. The Morgan fingerprint density at radius 2 is 1.69 bits per heavy atom. The van der Waals surface area contributed by atoms with E-state index in [1.807, 2.05) is 0 Å². The van der Waals surface area contributed by atoms with Crippen LogP contribution in [0.3, 0.4) is 0 Å². The lowest BCUT2D eigenvalue weighted by atomic mass is 9.83. The van der Waals surface area contributed by atoms with Gasteiger partial charge in [-0.15, -0.1) is 23.5 Å².